The van der Waals surface area contributed by atoms with Crippen LogP contribution in [0.15, 0.2) is 6.33 Å². The minimum absolute atomic E-state index is 0.285. The quantitative estimate of drug-likeness (QED) is 0.865. The molecule has 0 fully saturated rings. The second-order valence-corrected chi connectivity index (χ2v) is 5.11. The van der Waals surface area contributed by atoms with Crippen molar-refractivity contribution in [3.8, 4) is 5.88 Å². The fourth-order valence-electron chi connectivity index (χ4n) is 1.95. The maximum atomic E-state index is 6.07. The van der Waals surface area contributed by atoms with E-state index < -0.39 is 0 Å². The summed E-state index contributed by atoms with van der Waals surface area (Å²) >= 11 is 0. The van der Waals surface area contributed by atoms with Crippen molar-refractivity contribution in [3.63, 3.8) is 0 Å². The second-order valence-electron chi connectivity index (χ2n) is 5.11. The number of hydrogen-bond donors (Lipinski definition) is 1. The van der Waals surface area contributed by atoms with Gasteiger partial charge in [0.1, 0.15) is 12.9 Å². The number of nitrogens with zero attached hydrogens (tertiary/aromatic N) is 2. The van der Waals surface area contributed by atoms with E-state index >= 15 is 0 Å². The van der Waals surface area contributed by atoms with Crippen molar-refractivity contribution in [2.75, 3.05) is 6.61 Å². The molecule has 0 saturated heterocycles. The van der Waals surface area contributed by atoms with E-state index in [0.717, 1.165) is 30.8 Å². The van der Waals surface area contributed by atoms with Crippen LogP contribution < -0.4 is 10.5 Å². The standard InChI is InChI=1S/C13H21N3O/c1-3-13(2,14)8-17-12-10-6-4-5-7-11(10)15-9-16-12/h9H,3-8,14H2,1-2H3. The fraction of sp³-hybridized carbons (Fsp3) is 0.692. The number of aromatic nitrogens is 2. The van der Waals surface area contributed by atoms with Crippen molar-refractivity contribution in [1.82, 2.24) is 9.97 Å². The first-order valence-corrected chi connectivity index (χ1v) is 6.37. The minimum Gasteiger partial charge on any atom is -0.475 e. The van der Waals surface area contributed by atoms with E-state index in [9.17, 15) is 0 Å². The highest BCUT2D eigenvalue weighted by molar-refractivity contribution is 5.31. The highest BCUT2D eigenvalue weighted by Crippen LogP contribution is 2.26. The molecule has 1 heterocycles. The molecule has 17 heavy (non-hydrogen) atoms. The van der Waals surface area contributed by atoms with E-state index in [1.54, 1.807) is 6.33 Å². The number of fused-ring (bicyclic) bond motifs is 1. The van der Waals surface area contributed by atoms with Gasteiger partial charge in [0.2, 0.25) is 5.88 Å². The molecule has 4 nitrogen and oxygen atoms in total. The van der Waals surface area contributed by atoms with Gasteiger partial charge >= 0.3 is 0 Å². The summed E-state index contributed by atoms with van der Waals surface area (Å²) in [7, 11) is 0. The number of aryl methyl sites for hydroxylation is 1. The van der Waals surface area contributed by atoms with Crippen LogP contribution in [-0.4, -0.2) is 22.1 Å². The average Bonchev–Trinajstić information content (AvgIpc) is 2.36. The Kier molecular flexibility index (Phi) is 3.62. The van der Waals surface area contributed by atoms with Gasteiger partial charge in [0.05, 0.1) is 5.69 Å². The normalized spacial score (nSPS) is 18.3. The van der Waals surface area contributed by atoms with Gasteiger partial charge in [0.25, 0.3) is 0 Å². The SMILES string of the molecule is CCC(C)(N)COc1ncnc2c1CCCC2. The molecule has 0 saturated carbocycles. The van der Waals surface area contributed by atoms with Gasteiger partial charge < -0.3 is 10.5 Å². The summed E-state index contributed by atoms with van der Waals surface area (Å²) in [6.07, 6.45) is 6.97. The Labute approximate surface area is 103 Å². The Morgan fingerprint density at radius 1 is 1.35 bits per heavy atom. The first-order chi connectivity index (χ1) is 8.12. The van der Waals surface area contributed by atoms with Crippen LogP contribution in [0, 0.1) is 0 Å². The molecular formula is C13H21N3O. The molecule has 0 amide bonds. The van der Waals surface area contributed by atoms with Crippen molar-refractivity contribution in [1.29, 1.82) is 0 Å². The summed E-state index contributed by atoms with van der Waals surface area (Å²) < 4.78 is 5.78. The fourth-order valence-corrected chi connectivity index (χ4v) is 1.95. The zero-order valence-electron chi connectivity index (χ0n) is 10.7. The summed E-state index contributed by atoms with van der Waals surface area (Å²) in [4.78, 5) is 8.56. The van der Waals surface area contributed by atoms with E-state index in [1.807, 2.05) is 6.92 Å². The third-order valence-corrected chi connectivity index (χ3v) is 3.43. The summed E-state index contributed by atoms with van der Waals surface area (Å²) in [5.41, 5.74) is 8.12. The Balaban J connectivity index is 2.11. The lowest BCUT2D eigenvalue weighted by atomic mass is 9.97. The van der Waals surface area contributed by atoms with Gasteiger partial charge in [-0.05, 0) is 39.0 Å². The number of hydrogen-bond acceptors (Lipinski definition) is 4. The Morgan fingerprint density at radius 2 is 2.12 bits per heavy atom. The lowest BCUT2D eigenvalue weighted by Crippen LogP contribution is -2.41. The van der Waals surface area contributed by atoms with Crippen molar-refractivity contribution in [2.45, 2.75) is 51.5 Å². The average molecular weight is 235 g/mol. The number of nitrogens with two attached hydrogens (primary N) is 1. The van der Waals surface area contributed by atoms with Crippen LogP contribution in [0.4, 0.5) is 0 Å². The Bertz CT molecular complexity index is 390. The van der Waals surface area contributed by atoms with Crippen LogP contribution in [0.3, 0.4) is 0 Å². The third-order valence-electron chi connectivity index (χ3n) is 3.43. The van der Waals surface area contributed by atoms with Crippen LogP contribution in [-0.2, 0) is 12.8 Å². The molecule has 0 spiro atoms. The lowest BCUT2D eigenvalue weighted by molar-refractivity contribution is 0.215. The Morgan fingerprint density at radius 3 is 2.88 bits per heavy atom. The van der Waals surface area contributed by atoms with Crippen LogP contribution in [0.5, 0.6) is 5.88 Å². The van der Waals surface area contributed by atoms with E-state index in [0.29, 0.717) is 6.61 Å². The smallest absolute Gasteiger partial charge is 0.219 e. The molecule has 4 heteroatoms. The molecule has 0 aromatic carbocycles. The highest BCUT2D eigenvalue weighted by atomic mass is 16.5. The second kappa shape index (κ2) is 5.00. The molecule has 1 aliphatic rings. The van der Waals surface area contributed by atoms with E-state index in [2.05, 4.69) is 16.9 Å². The molecule has 1 aromatic heterocycles. The first kappa shape index (κ1) is 12.3. The third kappa shape index (κ3) is 2.94. The molecule has 1 aliphatic carbocycles. The van der Waals surface area contributed by atoms with E-state index in [1.165, 1.54) is 18.4 Å². The highest BCUT2D eigenvalue weighted by Gasteiger charge is 2.20. The van der Waals surface area contributed by atoms with Crippen LogP contribution in [0.25, 0.3) is 0 Å². The molecule has 1 aromatic rings. The zero-order valence-corrected chi connectivity index (χ0v) is 10.7. The van der Waals surface area contributed by atoms with Crippen molar-refractivity contribution >= 4 is 0 Å². The predicted molar refractivity (Wildman–Crippen MR) is 67.1 cm³/mol. The molecule has 1 unspecified atom stereocenters. The van der Waals surface area contributed by atoms with Gasteiger partial charge in [-0.1, -0.05) is 6.92 Å². The van der Waals surface area contributed by atoms with Gasteiger partial charge in [-0.3, -0.25) is 0 Å². The molecule has 2 N–H and O–H groups in total. The van der Waals surface area contributed by atoms with Gasteiger partial charge in [-0.15, -0.1) is 0 Å². The van der Waals surface area contributed by atoms with Crippen molar-refractivity contribution in [2.24, 2.45) is 5.73 Å². The summed E-state index contributed by atoms with van der Waals surface area (Å²) in [6.45, 7) is 4.58. The molecule has 2 rings (SSSR count). The van der Waals surface area contributed by atoms with Crippen molar-refractivity contribution < 1.29 is 4.74 Å². The Hall–Kier alpha value is -1.16. The molecule has 1 atom stereocenters. The minimum atomic E-state index is -0.285. The first-order valence-electron chi connectivity index (χ1n) is 6.37. The largest absolute Gasteiger partial charge is 0.475 e. The zero-order chi connectivity index (χ0) is 12.3. The van der Waals surface area contributed by atoms with Crippen LogP contribution in [0.1, 0.15) is 44.4 Å². The van der Waals surface area contributed by atoms with E-state index in [-0.39, 0.29) is 5.54 Å². The molecule has 94 valence electrons. The number of rotatable bonds is 4. The summed E-state index contributed by atoms with van der Waals surface area (Å²) in [5.74, 6) is 0.736. The molecular weight excluding hydrogens is 214 g/mol. The van der Waals surface area contributed by atoms with Crippen LogP contribution in [0.2, 0.25) is 0 Å². The van der Waals surface area contributed by atoms with Crippen molar-refractivity contribution in [3.05, 3.63) is 17.6 Å². The number of ether oxygens (including phenoxy) is 1. The van der Waals surface area contributed by atoms with E-state index in [4.69, 9.17) is 10.5 Å². The van der Waals surface area contributed by atoms with Gasteiger partial charge in [-0.2, -0.15) is 0 Å². The summed E-state index contributed by atoms with van der Waals surface area (Å²) in [5, 5.41) is 0. The predicted octanol–water partition coefficient (Wildman–Crippen LogP) is 1.86. The lowest BCUT2D eigenvalue weighted by Gasteiger charge is -2.24. The molecule has 0 radical (unpaired) electrons. The monoisotopic (exact) mass is 235 g/mol. The maximum Gasteiger partial charge on any atom is 0.219 e. The van der Waals surface area contributed by atoms with Gasteiger partial charge in [-0.25, -0.2) is 9.97 Å². The molecule has 0 bridgehead atoms. The van der Waals surface area contributed by atoms with Gasteiger partial charge in [0.15, 0.2) is 0 Å². The topological polar surface area (TPSA) is 61.0 Å². The van der Waals surface area contributed by atoms with Crippen LogP contribution >= 0.6 is 0 Å². The summed E-state index contributed by atoms with van der Waals surface area (Å²) in [6, 6.07) is 0. The molecule has 0 aliphatic heterocycles. The van der Waals surface area contributed by atoms with Gasteiger partial charge in [0, 0.05) is 11.1 Å². The maximum absolute atomic E-state index is 6.07.